The lowest BCUT2D eigenvalue weighted by Crippen LogP contribution is -2.70. The lowest BCUT2D eigenvalue weighted by Gasteiger charge is -2.47. The second-order valence-electron chi connectivity index (χ2n) is 10.9. The van der Waals surface area contributed by atoms with Crippen LogP contribution in [0.1, 0.15) is 56.3 Å². The maximum absolute atomic E-state index is 12.8. The van der Waals surface area contributed by atoms with E-state index in [-0.39, 0.29) is 13.0 Å². The molecular formula is C31H42N4O8. The third kappa shape index (κ3) is 9.07. The lowest BCUT2D eigenvalue weighted by molar-refractivity contribution is -0.225. The molecule has 2 aromatic carbocycles. The molecule has 1 saturated heterocycles. The van der Waals surface area contributed by atoms with Crippen LogP contribution in [0, 0.1) is 5.92 Å². The maximum atomic E-state index is 12.8. The molecule has 3 rings (SSSR count). The molecule has 2 aromatic rings. The Kier molecular flexibility index (Phi) is 12.2. The van der Waals surface area contributed by atoms with Crippen molar-refractivity contribution in [2.24, 2.45) is 11.7 Å². The van der Waals surface area contributed by atoms with Gasteiger partial charge in [-0.15, -0.1) is 0 Å². The summed E-state index contributed by atoms with van der Waals surface area (Å²) in [6.45, 7) is 3.03. The molecule has 0 unspecified atom stereocenters. The van der Waals surface area contributed by atoms with Gasteiger partial charge < -0.3 is 41.7 Å². The highest BCUT2D eigenvalue weighted by Crippen LogP contribution is 2.33. The van der Waals surface area contributed by atoms with Gasteiger partial charge in [0.2, 0.25) is 17.5 Å². The molecule has 12 heteroatoms. The molecule has 0 aromatic heterocycles. The largest absolute Gasteiger partial charge is 0.478 e. The van der Waals surface area contributed by atoms with Crippen LogP contribution in [-0.4, -0.2) is 82.2 Å². The van der Waals surface area contributed by atoms with Crippen molar-refractivity contribution in [3.05, 3.63) is 60.2 Å². The summed E-state index contributed by atoms with van der Waals surface area (Å²) < 4.78 is 5.95. The molecule has 234 valence electrons. The van der Waals surface area contributed by atoms with E-state index < -0.39 is 66.1 Å². The van der Waals surface area contributed by atoms with Crippen molar-refractivity contribution in [1.82, 2.24) is 16.0 Å². The second kappa shape index (κ2) is 15.6. The molecule has 1 aliphatic heterocycles. The summed E-state index contributed by atoms with van der Waals surface area (Å²) in [5.74, 6) is -3.94. The van der Waals surface area contributed by atoms with Gasteiger partial charge in [-0.1, -0.05) is 55.8 Å². The molecule has 0 saturated carbocycles. The highest BCUT2D eigenvalue weighted by atomic mass is 16.6. The van der Waals surface area contributed by atoms with Crippen molar-refractivity contribution in [2.45, 2.75) is 76.0 Å². The Balaban J connectivity index is 1.71. The zero-order chi connectivity index (χ0) is 31.6. The summed E-state index contributed by atoms with van der Waals surface area (Å²) >= 11 is 0. The number of aliphatic hydroxyl groups is 2. The predicted molar refractivity (Wildman–Crippen MR) is 159 cm³/mol. The first-order chi connectivity index (χ1) is 20.5. The van der Waals surface area contributed by atoms with E-state index in [1.807, 2.05) is 42.5 Å². The third-order valence-corrected chi connectivity index (χ3v) is 7.62. The number of carbonyl (C=O) groups excluding carboxylic acids is 3. The average Bonchev–Trinajstić information content (AvgIpc) is 2.99. The molecule has 0 bridgehead atoms. The van der Waals surface area contributed by atoms with E-state index in [2.05, 4.69) is 16.0 Å². The number of nitrogens with two attached hydrogens (primary N) is 1. The van der Waals surface area contributed by atoms with Crippen LogP contribution in [0.5, 0.6) is 0 Å². The normalized spacial score (nSPS) is 23.0. The predicted octanol–water partition coefficient (Wildman–Crippen LogP) is 1.15. The number of amides is 3. The lowest BCUT2D eigenvalue weighted by atomic mass is 9.83. The topological polar surface area (TPSA) is 200 Å². The molecule has 1 heterocycles. The van der Waals surface area contributed by atoms with Crippen LogP contribution in [-0.2, 0) is 19.1 Å². The monoisotopic (exact) mass is 598 g/mol. The summed E-state index contributed by atoms with van der Waals surface area (Å²) in [4.78, 5) is 49.8. The van der Waals surface area contributed by atoms with E-state index in [0.717, 1.165) is 17.5 Å². The van der Waals surface area contributed by atoms with Gasteiger partial charge in [-0.25, -0.2) is 4.79 Å². The van der Waals surface area contributed by atoms with E-state index in [9.17, 15) is 34.5 Å². The van der Waals surface area contributed by atoms with Gasteiger partial charge in [0.25, 0.3) is 5.91 Å². The van der Waals surface area contributed by atoms with Crippen LogP contribution in [0.3, 0.4) is 0 Å². The SMILES string of the molecule is CC(=O)N[C@H]1[C@H]([C@H](C)[C@H](O)CNC(=O)c2ccc(-c3ccccc3)cc2)O[C@@](NC(=O)CCCCCN)(C(=O)O)C[C@@H]1O. The fourth-order valence-electron chi connectivity index (χ4n) is 5.16. The summed E-state index contributed by atoms with van der Waals surface area (Å²) in [6, 6.07) is 15.6. The number of carboxylic acids is 1. The highest BCUT2D eigenvalue weighted by molar-refractivity contribution is 5.94. The molecule has 43 heavy (non-hydrogen) atoms. The van der Waals surface area contributed by atoms with Crippen LogP contribution in [0.15, 0.2) is 54.6 Å². The van der Waals surface area contributed by atoms with Gasteiger partial charge >= 0.3 is 5.97 Å². The minimum atomic E-state index is -2.29. The molecule has 0 aliphatic carbocycles. The van der Waals surface area contributed by atoms with Gasteiger partial charge in [0.05, 0.1) is 24.4 Å². The Morgan fingerprint density at radius 3 is 2.28 bits per heavy atom. The fraction of sp³-hybridized carbons (Fsp3) is 0.484. The van der Waals surface area contributed by atoms with E-state index in [4.69, 9.17) is 10.5 Å². The Hall–Kier alpha value is -3.84. The first-order valence-electron chi connectivity index (χ1n) is 14.5. The van der Waals surface area contributed by atoms with Gasteiger partial charge in [0, 0.05) is 37.8 Å². The average molecular weight is 599 g/mol. The van der Waals surface area contributed by atoms with Crippen LogP contribution < -0.4 is 21.7 Å². The van der Waals surface area contributed by atoms with Crippen molar-refractivity contribution >= 4 is 23.7 Å². The van der Waals surface area contributed by atoms with Crippen molar-refractivity contribution in [2.75, 3.05) is 13.1 Å². The van der Waals surface area contributed by atoms with Gasteiger partial charge in [0.1, 0.15) is 0 Å². The number of carboxylic acid groups (broad SMARTS) is 1. The second-order valence-corrected chi connectivity index (χ2v) is 10.9. The molecule has 8 N–H and O–H groups in total. The van der Waals surface area contributed by atoms with Gasteiger partial charge in [-0.2, -0.15) is 0 Å². The van der Waals surface area contributed by atoms with Crippen molar-refractivity contribution < 1.29 is 39.2 Å². The molecule has 12 nitrogen and oxygen atoms in total. The van der Waals surface area contributed by atoms with Crippen LogP contribution in [0.25, 0.3) is 11.1 Å². The number of aliphatic hydroxyl groups excluding tert-OH is 2. The highest BCUT2D eigenvalue weighted by Gasteiger charge is 2.54. The smallest absolute Gasteiger partial charge is 0.357 e. The number of unbranched alkanes of at least 4 members (excludes halogenated alkanes) is 2. The first kappa shape index (κ1) is 33.7. The molecule has 1 aliphatic rings. The minimum Gasteiger partial charge on any atom is -0.478 e. The number of aliphatic carboxylic acids is 1. The van der Waals surface area contributed by atoms with Gasteiger partial charge in [-0.3, -0.25) is 14.4 Å². The van der Waals surface area contributed by atoms with Crippen molar-refractivity contribution in [3.63, 3.8) is 0 Å². The Bertz CT molecular complexity index is 1240. The van der Waals surface area contributed by atoms with E-state index in [1.54, 1.807) is 19.1 Å². The van der Waals surface area contributed by atoms with Crippen LogP contribution >= 0.6 is 0 Å². The molecule has 1 fully saturated rings. The third-order valence-electron chi connectivity index (χ3n) is 7.62. The Labute approximate surface area is 251 Å². The summed E-state index contributed by atoms with van der Waals surface area (Å²) in [5, 5.41) is 39.7. The molecule has 3 amide bonds. The molecular weight excluding hydrogens is 556 g/mol. The number of ether oxygens (including phenoxy) is 1. The standard InChI is InChI=1S/C31H42N4O8/c1-19(25(38)18-33-29(40)23-14-12-22(13-15-23)21-9-5-3-6-10-21)28-27(34-20(2)36)24(37)17-31(43-28,30(41)42)35-26(39)11-7-4-8-16-32/h3,5-6,9-10,12-15,19,24-25,27-28,37-38H,4,7-8,11,16-18,32H2,1-2H3,(H,33,40)(H,34,36)(H,35,39)(H,41,42)/t19-,24+,25-,27-,28+,31-/m1/s1. The van der Waals surface area contributed by atoms with E-state index >= 15 is 0 Å². The fourth-order valence-corrected chi connectivity index (χ4v) is 5.16. The number of benzene rings is 2. The van der Waals surface area contributed by atoms with E-state index in [1.165, 1.54) is 6.92 Å². The van der Waals surface area contributed by atoms with Crippen LogP contribution in [0.4, 0.5) is 0 Å². The minimum absolute atomic E-state index is 0.0326. The van der Waals surface area contributed by atoms with Crippen LogP contribution in [0.2, 0.25) is 0 Å². The zero-order valence-electron chi connectivity index (χ0n) is 24.5. The Morgan fingerprint density at radius 2 is 1.67 bits per heavy atom. The number of hydrogen-bond acceptors (Lipinski definition) is 8. The number of rotatable bonds is 14. The zero-order valence-corrected chi connectivity index (χ0v) is 24.5. The van der Waals surface area contributed by atoms with E-state index in [0.29, 0.717) is 24.9 Å². The molecule has 6 atom stereocenters. The summed E-state index contributed by atoms with van der Waals surface area (Å²) in [7, 11) is 0. The van der Waals surface area contributed by atoms with Crippen molar-refractivity contribution in [1.29, 1.82) is 0 Å². The number of hydrogen-bond donors (Lipinski definition) is 7. The summed E-state index contributed by atoms with van der Waals surface area (Å²) in [5.41, 5.74) is 5.50. The number of carbonyl (C=O) groups is 4. The molecule has 0 spiro atoms. The first-order valence-corrected chi connectivity index (χ1v) is 14.5. The maximum Gasteiger partial charge on any atom is 0.357 e. The quantitative estimate of drug-likeness (QED) is 0.156. The number of nitrogens with one attached hydrogen (secondary N) is 3. The van der Waals surface area contributed by atoms with Gasteiger partial charge in [-0.05, 0) is 42.6 Å². The Morgan fingerprint density at radius 1 is 1.02 bits per heavy atom. The van der Waals surface area contributed by atoms with Gasteiger partial charge in [0.15, 0.2) is 0 Å². The summed E-state index contributed by atoms with van der Waals surface area (Å²) in [6.07, 6.45) is -2.53. The van der Waals surface area contributed by atoms with Crippen molar-refractivity contribution in [3.8, 4) is 11.1 Å². The molecule has 0 radical (unpaired) electrons.